The fourth-order valence-electron chi connectivity index (χ4n) is 3.26. The maximum absolute atomic E-state index is 14.8. The summed E-state index contributed by atoms with van der Waals surface area (Å²) < 4.78 is 14.8. The van der Waals surface area contributed by atoms with E-state index < -0.39 is 16.8 Å². The third-order valence-corrected chi connectivity index (χ3v) is 6.46. The van der Waals surface area contributed by atoms with Gasteiger partial charge in [-0.1, -0.05) is 0 Å². The number of amides is 1. The van der Waals surface area contributed by atoms with E-state index in [0.29, 0.717) is 12.1 Å². The summed E-state index contributed by atoms with van der Waals surface area (Å²) in [4.78, 5) is 24.0. The van der Waals surface area contributed by atoms with Gasteiger partial charge in [-0.3, -0.25) is 9.69 Å². The number of rotatable bonds is 4. The van der Waals surface area contributed by atoms with E-state index in [1.807, 2.05) is 6.92 Å². The number of guanidine groups is 1. The zero-order valence-corrected chi connectivity index (χ0v) is 16.9. The minimum Gasteiger partial charge on any atom is -0.380 e. The minimum absolute atomic E-state index is 0.0832. The van der Waals surface area contributed by atoms with Crippen molar-refractivity contribution in [3.05, 3.63) is 45.7 Å². The number of nitrogens with two attached hydrogens (primary N) is 1. The van der Waals surface area contributed by atoms with Crippen LogP contribution in [0, 0.1) is 18.2 Å². The van der Waals surface area contributed by atoms with E-state index in [-0.39, 0.29) is 11.9 Å². The van der Waals surface area contributed by atoms with Crippen molar-refractivity contribution in [2.45, 2.75) is 39.8 Å². The predicted molar refractivity (Wildman–Crippen MR) is 106 cm³/mol. The Morgan fingerprint density at radius 1 is 1.33 bits per heavy atom. The number of nitrogens with one attached hydrogen (secondary N) is 1. The molecule has 0 unspecified atom stereocenters. The second-order valence-electron chi connectivity index (χ2n) is 7.44. The average molecular weight is 390 g/mol. The van der Waals surface area contributed by atoms with Crippen LogP contribution in [-0.2, 0) is 16.9 Å². The van der Waals surface area contributed by atoms with Crippen LogP contribution in [0.2, 0.25) is 0 Å². The zero-order valence-electron chi connectivity index (χ0n) is 16.1. The molecule has 27 heavy (non-hydrogen) atoms. The van der Waals surface area contributed by atoms with Crippen LogP contribution >= 0.6 is 11.3 Å². The molecule has 1 amide bonds. The maximum atomic E-state index is 14.8. The highest BCUT2D eigenvalue weighted by molar-refractivity contribution is 7.09. The average Bonchev–Trinajstić information content (AvgIpc) is 3.03. The summed E-state index contributed by atoms with van der Waals surface area (Å²) in [5, 5.41) is 3.30. The molecular weight excluding hydrogens is 365 g/mol. The van der Waals surface area contributed by atoms with E-state index in [0.717, 1.165) is 16.3 Å². The van der Waals surface area contributed by atoms with Gasteiger partial charge >= 0.3 is 0 Å². The predicted octanol–water partition coefficient (Wildman–Crippen LogP) is 3.23. The van der Waals surface area contributed by atoms with E-state index >= 15 is 0 Å². The van der Waals surface area contributed by atoms with Gasteiger partial charge in [0.2, 0.25) is 5.91 Å². The minimum atomic E-state index is -1.12. The number of hydrogen-bond acceptors (Lipinski definition) is 6. The number of halogens is 1. The molecule has 3 rings (SSSR count). The van der Waals surface area contributed by atoms with Gasteiger partial charge < -0.3 is 11.1 Å². The molecular formula is C19H24FN5OS. The Labute approximate surface area is 162 Å². The van der Waals surface area contributed by atoms with Crippen LogP contribution < -0.4 is 11.1 Å². The number of aryl methyl sites for hydroxylation is 1. The first-order chi connectivity index (χ1) is 12.6. The molecule has 2 heterocycles. The molecule has 0 saturated carbocycles. The number of aliphatic imine (C=N–C) groups is 1. The molecule has 3 N–H and O–H groups in total. The molecule has 1 atom stereocenters. The van der Waals surface area contributed by atoms with Crippen LogP contribution in [0.4, 0.5) is 10.1 Å². The topological polar surface area (TPSA) is 83.6 Å². The van der Waals surface area contributed by atoms with Crippen LogP contribution in [0.1, 0.15) is 36.9 Å². The number of nitrogens with zero attached hydrogens (tertiary/aromatic N) is 3. The third kappa shape index (κ3) is 3.07. The second-order valence-corrected chi connectivity index (χ2v) is 8.38. The van der Waals surface area contributed by atoms with Crippen molar-refractivity contribution >= 4 is 28.9 Å². The van der Waals surface area contributed by atoms with Crippen molar-refractivity contribution in [3.8, 4) is 0 Å². The second kappa shape index (κ2) is 6.60. The van der Waals surface area contributed by atoms with Crippen molar-refractivity contribution in [3.63, 3.8) is 0 Å². The lowest BCUT2D eigenvalue weighted by Gasteiger charge is -2.46. The number of carbonyl (C=O) groups is 1. The van der Waals surface area contributed by atoms with Gasteiger partial charge in [-0.05, 0) is 45.9 Å². The van der Waals surface area contributed by atoms with Gasteiger partial charge in [0.25, 0.3) is 0 Å². The van der Waals surface area contributed by atoms with Crippen molar-refractivity contribution in [1.82, 2.24) is 9.88 Å². The first-order valence-electron chi connectivity index (χ1n) is 8.64. The van der Waals surface area contributed by atoms with Crippen molar-refractivity contribution in [2.75, 3.05) is 12.4 Å². The molecule has 0 saturated heterocycles. The molecule has 1 aliphatic rings. The number of hydrogen-bond donors (Lipinski definition) is 2. The van der Waals surface area contributed by atoms with E-state index in [4.69, 9.17) is 5.73 Å². The Kier molecular flexibility index (Phi) is 4.71. The summed E-state index contributed by atoms with van der Waals surface area (Å²) in [5.41, 5.74) is 7.71. The van der Waals surface area contributed by atoms with Crippen LogP contribution in [0.25, 0.3) is 0 Å². The molecule has 0 aliphatic carbocycles. The quantitative estimate of drug-likeness (QED) is 0.841. The molecule has 1 aromatic heterocycles. The van der Waals surface area contributed by atoms with E-state index in [2.05, 4.69) is 15.3 Å². The van der Waals surface area contributed by atoms with Crippen molar-refractivity contribution in [2.24, 2.45) is 16.1 Å². The Balaban J connectivity index is 2.00. The summed E-state index contributed by atoms with van der Waals surface area (Å²) in [7, 11) is 1.58. The van der Waals surface area contributed by atoms with E-state index in [1.165, 1.54) is 11.0 Å². The fraction of sp³-hybridized carbons (Fsp3) is 0.421. The first-order valence-corrected chi connectivity index (χ1v) is 9.52. The van der Waals surface area contributed by atoms with Gasteiger partial charge in [-0.15, -0.1) is 11.3 Å². The van der Waals surface area contributed by atoms with Crippen LogP contribution in [0.5, 0.6) is 0 Å². The molecule has 6 nitrogen and oxygen atoms in total. The molecule has 2 aromatic rings. The Morgan fingerprint density at radius 2 is 2.04 bits per heavy atom. The molecule has 1 aliphatic heterocycles. The smallest absolute Gasteiger partial charge is 0.237 e. The highest BCUT2D eigenvalue weighted by Crippen LogP contribution is 2.47. The lowest BCUT2D eigenvalue weighted by atomic mass is 9.67. The Hall–Kier alpha value is -2.48. The van der Waals surface area contributed by atoms with E-state index in [9.17, 15) is 9.18 Å². The number of aromatic nitrogens is 1. The third-order valence-electron chi connectivity index (χ3n) is 5.53. The highest BCUT2D eigenvalue weighted by Gasteiger charge is 2.53. The molecule has 0 spiro atoms. The largest absolute Gasteiger partial charge is 0.380 e. The lowest BCUT2D eigenvalue weighted by Crippen LogP contribution is -2.58. The SMILES string of the molecule is Cc1ncsc1CNc1ccc(F)c([C@@]2(C)N=C(N)N(C)C(=O)C2(C)C)c1. The summed E-state index contributed by atoms with van der Waals surface area (Å²) >= 11 is 1.57. The van der Waals surface area contributed by atoms with Gasteiger partial charge in [0, 0.05) is 23.2 Å². The van der Waals surface area contributed by atoms with Gasteiger partial charge in [-0.2, -0.15) is 0 Å². The zero-order chi connectivity index (χ0) is 20.0. The molecule has 0 fully saturated rings. The number of carbonyl (C=O) groups excluding carboxylic acids is 1. The molecule has 0 bridgehead atoms. The molecule has 1 aromatic carbocycles. The number of thiazole rings is 1. The van der Waals surface area contributed by atoms with Crippen molar-refractivity contribution in [1.29, 1.82) is 0 Å². The van der Waals surface area contributed by atoms with Gasteiger partial charge in [0.05, 0.1) is 23.2 Å². The maximum Gasteiger partial charge on any atom is 0.237 e. The van der Waals surface area contributed by atoms with Crippen LogP contribution in [0.15, 0.2) is 28.7 Å². The molecule has 8 heteroatoms. The number of anilines is 1. The van der Waals surface area contributed by atoms with E-state index in [1.54, 1.807) is 56.8 Å². The van der Waals surface area contributed by atoms with Gasteiger partial charge in [-0.25, -0.2) is 14.4 Å². The fourth-order valence-corrected chi connectivity index (χ4v) is 3.98. The lowest BCUT2D eigenvalue weighted by molar-refractivity contribution is -0.140. The van der Waals surface area contributed by atoms with Crippen LogP contribution in [-0.4, -0.2) is 28.8 Å². The standard InChI is InChI=1S/C19H24FN5OS/c1-11-15(27-10-23-11)9-22-12-6-7-14(20)13(8-12)19(4)18(2,3)16(26)25(5)17(21)24-19/h6-8,10,22H,9H2,1-5H3,(H2,21,24)/t19-/m1/s1. The Bertz CT molecular complexity index is 923. The van der Waals surface area contributed by atoms with Gasteiger partial charge in [0.1, 0.15) is 11.4 Å². The number of benzene rings is 1. The molecule has 0 radical (unpaired) electrons. The summed E-state index contributed by atoms with van der Waals surface area (Å²) in [6.07, 6.45) is 0. The van der Waals surface area contributed by atoms with Crippen molar-refractivity contribution < 1.29 is 9.18 Å². The monoisotopic (exact) mass is 389 g/mol. The summed E-state index contributed by atoms with van der Waals surface area (Å²) in [6, 6.07) is 4.78. The normalized spacial score (nSPS) is 21.9. The molecule has 144 valence electrons. The van der Waals surface area contributed by atoms with Gasteiger partial charge in [0.15, 0.2) is 5.96 Å². The highest BCUT2D eigenvalue weighted by atomic mass is 32.1. The summed E-state index contributed by atoms with van der Waals surface area (Å²) in [5.74, 6) is -0.533. The van der Waals surface area contributed by atoms with Crippen LogP contribution in [0.3, 0.4) is 0 Å². The summed E-state index contributed by atoms with van der Waals surface area (Å²) in [6.45, 7) is 7.83. The first kappa shape index (κ1) is 19.3. The Morgan fingerprint density at radius 3 is 2.67 bits per heavy atom.